The standard InChI is InChI=1S/C21H19NO2/c1-2-24-21-14-12-20(13-15-21)22(18-6-4-3-5-7-18)19-10-8-17(16-23)9-11-19/h3-16H,2H2,1H3. The number of hydrogen-bond acceptors (Lipinski definition) is 3. The van der Waals surface area contributed by atoms with Gasteiger partial charge in [-0.1, -0.05) is 18.2 Å². The summed E-state index contributed by atoms with van der Waals surface area (Å²) in [6.07, 6.45) is 0.855. The Morgan fingerprint density at radius 3 is 1.88 bits per heavy atom. The molecule has 0 bridgehead atoms. The molecule has 0 heterocycles. The first-order valence-corrected chi connectivity index (χ1v) is 7.95. The fraction of sp³-hybridized carbons (Fsp3) is 0.0952. The van der Waals surface area contributed by atoms with E-state index in [9.17, 15) is 4.79 Å². The Kier molecular flexibility index (Phi) is 4.92. The number of anilines is 3. The van der Waals surface area contributed by atoms with Crippen molar-refractivity contribution in [1.29, 1.82) is 0 Å². The number of para-hydroxylation sites is 1. The van der Waals surface area contributed by atoms with E-state index in [1.54, 1.807) is 0 Å². The summed E-state index contributed by atoms with van der Waals surface area (Å²) < 4.78 is 5.52. The Bertz CT molecular complexity index is 780. The van der Waals surface area contributed by atoms with Crippen LogP contribution in [0.4, 0.5) is 17.1 Å². The smallest absolute Gasteiger partial charge is 0.150 e. The lowest BCUT2D eigenvalue weighted by Crippen LogP contribution is -2.09. The quantitative estimate of drug-likeness (QED) is 0.573. The van der Waals surface area contributed by atoms with Crippen LogP contribution in [-0.4, -0.2) is 12.9 Å². The monoisotopic (exact) mass is 317 g/mol. The van der Waals surface area contributed by atoms with Gasteiger partial charge in [0.1, 0.15) is 12.0 Å². The second kappa shape index (κ2) is 7.47. The van der Waals surface area contributed by atoms with E-state index in [0.29, 0.717) is 12.2 Å². The Morgan fingerprint density at radius 2 is 1.33 bits per heavy atom. The van der Waals surface area contributed by atoms with Gasteiger partial charge in [-0.15, -0.1) is 0 Å². The fourth-order valence-electron chi connectivity index (χ4n) is 2.58. The molecule has 0 aliphatic rings. The molecule has 24 heavy (non-hydrogen) atoms. The number of carbonyl (C=O) groups excluding carboxylic acids is 1. The Hall–Kier alpha value is -3.07. The number of carbonyl (C=O) groups is 1. The van der Waals surface area contributed by atoms with Gasteiger partial charge in [0.2, 0.25) is 0 Å². The molecular formula is C21H19NO2. The Morgan fingerprint density at radius 1 is 0.792 bits per heavy atom. The van der Waals surface area contributed by atoms with Crippen molar-refractivity contribution < 1.29 is 9.53 Å². The van der Waals surface area contributed by atoms with Crippen LogP contribution in [0, 0.1) is 0 Å². The maximum atomic E-state index is 10.9. The molecule has 0 saturated carbocycles. The van der Waals surface area contributed by atoms with E-state index in [-0.39, 0.29) is 0 Å². The lowest BCUT2D eigenvalue weighted by molar-refractivity contribution is 0.112. The summed E-state index contributed by atoms with van der Waals surface area (Å²) in [5.74, 6) is 0.852. The van der Waals surface area contributed by atoms with Gasteiger partial charge < -0.3 is 9.64 Å². The first kappa shape index (κ1) is 15.8. The van der Waals surface area contributed by atoms with E-state index >= 15 is 0 Å². The lowest BCUT2D eigenvalue weighted by Gasteiger charge is -2.25. The number of hydrogen-bond donors (Lipinski definition) is 0. The van der Waals surface area contributed by atoms with Crippen molar-refractivity contribution in [3.8, 4) is 5.75 Å². The van der Waals surface area contributed by atoms with Gasteiger partial charge in [-0.05, 0) is 67.6 Å². The van der Waals surface area contributed by atoms with Gasteiger partial charge in [0.05, 0.1) is 6.61 Å². The molecule has 0 saturated heterocycles. The minimum atomic E-state index is 0.648. The van der Waals surface area contributed by atoms with Gasteiger partial charge in [0.25, 0.3) is 0 Å². The summed E-state index contributed by atoms with van der Waals surface area (Å²) in [5.41, 5.74) is 3.75. The third-order valence-corrected chi connectivity index (χ3v) is 3.71. The maximum Gasteiger partial charge on any atom is 0.150 e. The van der Waals surface area contributed by atoms with Crippen molar-refractivity contribution in [2.75, 3.05) is 11.5 Å². The average Bonchev–Trinajstić information content (AvgIpc) is 2.65. The van der Waals surface area contributed by atoms with Crippen LogP contribution in [0.3, 0.4) is 0 Å². The van der Waals surface area contributed by atoms with Crippen molar-refractivity contribution in [2.24, 2.45) is 0 Å². The van der Waals surface area contributed by atoms with Crippen molar-refractivity contribution in [1.82, 2.24) is 0 Å². The molecule has 0 amide bonds. The Balaban J connectivity index is 2.02. The average molecular weight is 317 g/mol. The topological polar surface area (TPSA) is 29.5 Å². The fourth-order valence-corrected chi connectivity index (χ4v) is 2.58. The predicted molar refractivity (Wildman–Crippen MR) is 97.7 cm³/mol. The highest BCUT2D eigenvalue weighted by Gasteiger charge is 2.12. The summed E-state index contributed by atoms with van der Waals surface area (Å²) in [7, 11) is 0. The van der Waals surface area contributed by atoms with Crippen LogP contribution in [0.2, 0.25) is 0 Å². The third-order valence-electron chi connectivity index (χ3n) is 3.71. The van der Waals surface area contributed by atoms with E-state index < -0.39 is 0 Å². The summed E-state index contributed by atoms with van der Waals surface area (Å²) in [6.45, 7) is 2.62. The van der Waals surface area contributed by atoms with E-state index in [0.717, 1.165) is 29.1 Å². The van der Waals surface area contributed by atoms with Gasteiger partial charge in [-0.2, -0.15) is 0 Å². The van der Waals surface area contributed by atoms with E-state index in [2.05, 4.69) is 17.0 Å². The second-order valence-corrected chi connectivity index (χ2v) is 5.31. The highest BCUT2D eigenvalue weighted by atomic mass is 16.5. The normalized spacial score (nSPS) is 10.2. The molecule has 3 rings (SSSR count). The van der Waals surface area contributed by atoms with Gasteiger partial charge in [-0.3, -0.25) is 4.79 Å². The van der Waals surface area contributed by atoms with Crippen LogP contribution in [-0.2, 0) is 0 Å². The van der Waals surface area contributed by atoms with Crippen LogP contribution in [0.25, 0.3) is 0 Å². The van der Waals surface area contributed by atoms with Crippen LogP contribution < -0.4 is 9.64 Å². The number of ether oxygens (including phenoxy) is 1. The number of aldehydes is 1. The third kappa shape index (κ3) is 3.46. The highest BCUT2D eigenvalue weighted by Crippen LogP contribution is 2.35. The number of rotatable bonds is 6. The van der Waals surface area contributed by atoms with E-state index in [1.165, 1.54) is 0 Å². The summed E-state index contributed by atoms with van der Waals surface area (Å²) in [5, 5.41) is 0. The van der Waals surface area contributed by atoms with E-state index in [4.69, 9.17) is 4.74 Å². The summed E-state index contributed by atoms with van der Waals surface area (Å²) in [4.78, 5) is 13.0. The molecule has 0 N–H and O–H groups in total. The summed E-state index contributed by atoms with van der Waals surface area (Å²) >= 11 is 0. The Labute approximate surface area is 142 Å². The second-order valence-electron chi connectivity index (χ2n) is 5.31. The molecular weight excluding hydrogens is 298 g/mol. The lowest BCUT2D eigenvalue weighted by atomic mass is 10.1. The number of nitrogens with zero attached hydrogens (tertiary/aromatic N) is 1. The molecule has 3 aromatic rings. The molecule has 3 nitrogen and oxygen atoms in total. The molecule has 0 fully saturated rings. The molecule has 3 heteroatoms. The molecule has 0 atom stereocenters. The van der Waals surface area contributed by atoms with Gasteiger partial charge in [0, 0.05) is 22.6 Å². The SMILES string of the molecule is CCOc1ccc(N(c2ccccc2)c2ccc(C=O)cc2)cc1. The predicted octanol–water partition coefficient (Wildman–Crippen LogP) is 5.37. The largest absolute Gasteiger partial charge is 0.494 e. The first-order valence-electron chi connectivity index (χ1n) is 7.95. The zero-order chi connectivity index (χ0) is 16.8. The van der Waals surface area contributed by atoms with Gasteiger partial charge in [0.15, 0.2) is 0 Å². The first-order chi connectivity index (χ1) is 11.8. The van der Waals surface area contributed by atoms with Crippen molar-refractivity contribution in [3.05, 3.63) is 84.4 Å². The number of benzene rings is 3. The zero-order valence-electron chi connectivity index (χ0n) is 13.6. The highest BCUT2D eigenvalue weighted by molar-refractivity contribution is 5.80. The van der Waals surface area contributed by atoms with Crippen molar-refractivity contribution >= 4 is 23.3 Å². The molecule has 3 aromatic carbocycles. The molecule has 0 aliphatic carbocycles. The maximum absolute atomic E-state index is 10.9. The molecule has 0 aromatic heterocycles. The van der Waals surface area contributed by atoms with Gasteiger partial charge >= 0.3 is 0 Å². The molecule has 0 radical (unpaired) electrons. The minimum Gasteiger partial charge on any atom is -0.494 e. The summed E-state index contributed by atoms with van der Waals surface area (Å²) in [6, 6.07) is 25.7. The van der Waals surface area contributed by atoms with Crippen LogP contribution in [0.15, 0.2) is 78.9 Å². The minimum absolute atomic E-state index is 0.648. The van der Waals surface area contributed by atoms with Crippen molar-refractivity contribution in [3.63, 3.8) is 0 Å². The van der Waals surface area contributed by atoms with Crippen LogP contribution in [0.5, 0.6) is 5.75 Å². The zero-order valence-corrected chi connectivity index (χ0v) is 13.6. The van der Waals surface area contributed by atoms with Crippen molar-refractivity contribution in [2.45, 2.75) is 6.92 Å². The van der Waals surface area contributed by atoms with Crippen LogP contribution in [0.1, 0.15) is 17.3 Å². The van der Waals surface area contributed by atoms with E-state index in [1.807, 2.05) is 73.7 Å². The molecule has 120 valence electrons. The molecule has 0 unspecified atom stereocenters. The van der Waals surface area contributed by atoms with Crippen LogP contribution >= 0.6 is 0 Å². The molecule has 0 aliphatic heterocycles. The molecule has 0 spiro atoms. The van der Waals surface area contributed by atoms with Gasteiger partial charge in [-0.25, -0.2) is 0 Å².